The fourth-order valence-electron chi connectivity index (χ4n) is 2.04. The van der Waals surface area contributed by atoms with Gasteiger partial charge in [0.15, 0.2) is 0 Å². The molecule has 0 unspecified atom stereocenters. The van der Waals surface area contributed by atoms with Crippen LogP contribution in [0.4, 0.5) is 5.69 Å². The molecule has 0 amide bonds. The molecule has 2 aromatic rings. The van der Waals surface area contributed by atoms with Gasteiger partial charge in [-0.05, 0) is 30.5 Å². The molecule has 0 bridgehead atoms. The van der Waals surface area contributed by atoms with Crippen LogP contribution in [-0.4, -0.2) is 19.5 Å². The summed E-state index contributed by atoms with van der Waals surface area (Å²) in [6.07, 6.45) is 1.40. The molecule has 0 saturated carbocycles. The molecule has 106 valence electrons. The summed E-state index contributed by atoms with van der Waals surface area (Å²) >= 11 is 0. The molecule has 0 saturated heterocycles. The second kappa shape index (κ2) is 6.54. The minimum absolute atomic E-state index is 0.248. The summed E-state index contributed by atoms with van der Waals surface area (Å²) in [5.74, 6) is 0. The molecule has 0 aliphatic heterocycles. The van der Waals surface area contributed by atoms with E-state index < -0.39 is 10.3 Å². The Balaban J connectivity index is 2.03. The molecule has 0 aliphatic carbocycles. The minimum Gasteiger partial charge on any atom is -0.269 e. The van der Waals surface area contributed by atoms with Crippen molar-refractivity contribution < 1.29 is 13.0 Å². The second-order valence-corrected chi connectivity index (χ2v) is 5.81. The predicted molar refractivity (Wildman–Crippen MR) is 80.1 cm³/mol. The summed E-state index contributed by atoms with van der Waals surface area (Å²) in [6.45, 7) is 0.248. The van der Waals surface area contributed by atoms with Gasteiger partial charge in [0, 0.05) is 6.54 Å². The van der Waals surface area contributed by atoms with Crippen molar-refractivity contribution in [2.24, 2.45) is 0 Å². The quantitative estimate of drug-likeness (QED) is 0.832. The van der Waals surface area contributed by atoms with Crippen molar-refractivity contribution in [1.29, 1.82) is 0 Å². The zero-order chi connectivity index (χ0) is 14.4. The number of hydrogen-bond acceptors (Lipinski definition) is 2. The Morgan fingerprint density at radius 1 is 0.900 bits per heavy atom. The Bertz CT molecular complexity index is 627. The maximum Gasteiger partial charge on any atom is 0.359 e. The molecular weight excluding hydrogens is 274 g/mol. The standard InChI is InChI=1S/C15H17NO3S/c17-20(18,19)16(15-11-5-2-6-12-15)13-7-10-14-8-3-1-4-9-14/h1-6,8-9,11-12H,7,10,13H2,(H,17,18,19). The van der Waals surface area contributed by atoms with Crippen molar-refractivity contribution in [1.82, 2.24) is 0 Å². The van der Waals surface area contributed by atoms with Crippen LogP contribution in [0.5, 0.6) is 0 Å². The van der Waals surface area contributed by atoms with Crippen LogP contribution in [0.3, 0.4) is 0 Å². The smallest absolute Gasteiger partial charge is 0.269 e. The summed E-state index contributed by atoms with van der Waals surface area (Å²) < 4.78 is 33.3. The Morgan fingerprint density at radius 3 is 2.00 bits per heavy atom. The van der Waals surface area contributed by atoms with Gasteiger partial charge in [-0.2, -0.15) is 8.42 Å². The molecule has 2 rings (SSSR count). The SMILES string of the molecule is O=S(=O)(O)N(CCCc1ccccc1)c1ccccc1. The van der Waals surface area contributed by atoms with Gasteiger partial charge in [0.2, 0.25) is 0 Å². The third kappa shape index (κ3) is 4.08. The Morgan fingerprint density at radius 2 is 1.45 bits per heavy atom. The first kappa shape index (κ1) is 14.6. The maximum atomic E-state index is 11.5. The van der Waals surface area contributed by atoms with Crippen molar-refractivity contribution in [2.75, 3.05) is 10.8 Å². The fraction of sp³-hybridized carbons (Fsp3) is 0.200. The Hall–Kier alpha value is -1.85. The molecule has 0 aliphatic rings. The number of hydrogen-bond donors (Lipinski definition) is 1. The molecule has 0 radical (unpaired) electrons. The van der Waals surface area contributed by atoms with Crippen molar-refractivity contribution in [3.63, 3.8) is 0 Å². The lowest BCUT2D eigenvalue weighted by atomic mass is 10.1. The molecular formula is C15H17NO3S. The van der Waals surface area contributed by atoms with E-state index in [1.807, 2.05) is 30.3 Å². The molecule has 0 aromatic heterocycles. The molecule has 0 heterocycles. The average molecular weight is 291 g/mol. The van der Waals surface area contributed by atoms with E-state index in [9.17, 15) is 13.0 Å². The van der Waals surface area contributed by atoms with Gasteiger partial charge in [0.05, 0.1) is 5.69 Å². The summed E-state index contributed by atoms with van der Waals surface area (Å²) in [4.78, 5) is 0. The number of anilines is 1. The van der Waals surface area contributed by atoms with Crippen LogP contribution < -0.4 is 4.31 Å². The number of para-hydroxylation sites is 1. The van der Waals surface area contributed by atoms with Crippen molar-refractivity contribution in [2.45, 2.75) is 12.8 Å². The van der Waals surface area contributed by atoms with Crippen molar-refractivity contribution >= 4 is 16.0 Å². The highest BCUT2D eigenvalue weighted by Gasteiger charge is 2.18. The maximum absolute atomic E-state index is 11.5. The van der Waals surface area contributed by atoms with Gasteiger partial charge in [-0.1, -0.05) is 48.5 Å². The van der Waals surface area contributed by atoms with Crippen LogP contribution in [-0.2, 0) is 16.7 Å². The number of rotatable bonds is 6. The molecule has 4 nitrogen and oxygen atoms in total. The number of aryl methyl sites for hydroxylation is 1. The molecule has 20 heavy (non-hydrogen) atoms. The van der Waals surface area contributed by atoms with Crippen LogP contribution in [0.25, 0.3) is 0 Å². The third-order valence-electron chi connectivity index (χ3n) is 2.99. The van der Waals surface area contributed by atoms with E-state index in [1.54, 1.807) is 30.3 Å². The van der Waals surface area contributed by atoms with Crippen LogP contribution in [0.1, 0.15) is 12.0 Å². The van der Waals surface area contributed by atoms with E-state index in [-0.39, 0.29) is 6.54 Å². The lowest BCUT2D eigenvalue weighted by molar-refractivity contribution is 0.477. The van der Waals surface area contributed by atoms with E-state index >= 15 is 0 Å². The zero-order valence-corrected chi connectivity index (χ0v) is 11.8. The molecule has 2 aromatic carbocycles. The molecule has 0 spiro atoms. The third-order valence-corrected chi connectivity index (χ3v) is 3.94. The number of benzene rings is 2. The first-order chi connectivity index (χ1) is 9.57. The van der Waals surface area contributed by atoms with Gasteiger partial charge in [0.25, 0.3) is 0 Å². The van der Waals surface area contributed by atoms with Crippen LogP contribution in [0.15, 0.2) is 60.7 Å². The average Bonchev–Trinajstić information content (AvgIpc) is 2.44. The highest BCUT2D eigenvalue weighted by Crippen LogP contribution is 2.17. The Labute approximate surface area is 119 Å². The Kier molecular flexibility index (Phi) is 4.76. The van der Waals surface area contributed by atoms with Gasteiger partial charge in [0.1, 0.15) is 0 Å². The molecule has 0 fully saturated rings. The van der Waals surface area contributed by atoms with Gasteiger partial charge in [-0.25, -0.2) is 4.31 Å². The van der Waals surface area contributed by atoms with E-state index in [4.69, 9.17) is 0 Å². The van der Waals surface area contributed by atoms with Gasteiger partial charge >= 0.3 is 10.3 Å². The van der Waals surface area contributed by atoms with Gasteiger partial charge in [-0.3, -0.25) is 4.55 Å². The second-order valence-electron chi connectivity index (χ2n) is 4.47. The van der Waals surface area contributed by atoms with E-state index in [2.05, 4.69) is 0 Å². The molecule has 1 N–H and O–H groups in total. The summed E-state index contributed by atoms with van der Waals surface area (Å²) in [7, 11) is -4.24. The fourth-order valence-corrected chi connectivity index (χ4v) is 2.79. The summed E-state index contributed by atoms with van der Waals surface area (Å²) in [6, 6.07) is 18.5. The van der Waals surface area contributed by atoms with Crippen LogP contribution >= 0.6 is 0 Å². The zero-order valence-electron chi connectivity index (χ0n) is 11.0. The van der Waals surface area contributed by atoms with Crippen molar-refractivity contribution in [3.8, 4) is 0 Å². The van der Waals surface area contributed by atoms with Crippen LogP contribution in [0.2, 0.25) is 0 Å². The van der Waals surface area contributed by atoms with E-state index in [0.29, 0.717) is 12.1 Å². The van der Waals surface area contributed by atoms with Crippen LogP contribution in [0, 0.1) is 0 Å². The topological polar surface area (TPSA) is 57.6 Å². The summed E-state index contributed by atoms with van der Waals surface area (Å²) in [5.41, 5.74) is 1.62. The van der Waals surface area contributed by atoms with E-state index in [1.165, 1.54) is 0 Å². The highest BCUT2D eigenvalue weighted by atomic mass is 32.2. The van der Waals surface area contributed by atoms with Crippen molar-refractivity contribution in [3.05, 3.63) is 66.2 Å². The van der Waals surface area contributed by atoms with Gasteiger partial charge in [-0.15, -0.1) is 0 Å². The molecule has 5 heteroatoms. The molecule has 0 atom stereocenters. The predicted octanol–water partition coefficient (Wildman–Crippen LogP) is 2.93. The lowest BCUT2D eigenvalue weighted by Crippen LogP contribution is -2.31. The highest BCUT2D eigenvalue weighted by molar-refractivity contribution is 7.87. The minimum atomic E-state index is -4.24. The monoisotopic (exact) mass is 291 g/mol. The lowest BCUT2D eigenvalue weighted by Gasteiger charge is -2.20. The first-order valence-electron chi connectivity index (χ1n) is 6.41. The first-order valence-corrected chi connectivity index (χ1v) is 7.81. The van der Waals surface area contributed by atoms with Gasteiger partial charge < -0.3 is 0 Å². The number of nitrogens with zero attached hydrogens (tertiary/aromatic N) is 1. The summed E-state index contributed by atoms with van der Waals surface area (Å²) in [5, 5.41) is 0. The largest absolute Gasteiger partial charge is 0.359 e. The normalized spacial score (nSPS) is 11.2. The van der Waals surface area contributed by atoms with E-state index in [0.717, 1.165) is 16.3 Å².